The summed E-state index contributed by atoms with van der Waals surface area (Å²) in [7, 11) is 4.20. The first-order valence-corrected chi connectivity index (χ1v) is 10.8. The van der Waals surface area contributed by atoms with Gasteiger partial charge in [0.1, 0.15) is 0 Å². The van der Waals surface area contributed by atoms with Crippen molar-refractivity contribution in [3.8, 4) is 0 Å². The Kier molecular flexibility index (Phi) is 7.12. The summed E-state index contributed by atoms with van der Waals surface area (Å²) < 4.78 is 1.23. The number of benzene rings is 1. The van der Waals surface area contributed by atoms with Crippen molar-refractivity contribution in [3.05, 3.63) is 34.3 Å². The highest BCUT2D eigenvalue weighted by Crippen LogP contribution is 2.49. The van der Waals surface area contributed by atoms with Gasteiger partial charge in [-0.25, -0.2) is 0 Å². The summed E-state index contributed by atoms with van der Waals surface area (Å²) in [6, 6.07) is 10.7. The van der Waals surface area contributed by atoms with E-state index in [0.29, 0.717) is 6.04 Å². The highest BCUT2D eigenvalue weighted by Gasteiger charge is 2.45. The maximum Gasteiger partial charge on any atom is 0.191 e. The van der Waals surface area contributed by atoms with E-state index in [1.165, 1.54) is 55.0 Å². The number of guanidine groups is 1. The number of aliphatic imine (C=N–C) groups is 1. The molecule has 1 aromatic rings. The topological polar surface area (TPSA) is 39.7 Å². The largest absolute Gasteiger partial charge is 0.356 e. The molecule has 4 nitrogen and oxygen atoms in total. The predicted molar refractivity (Wildman–Crippen MR) is 127 cm³/mol. The van der Waals surface area contributed by atoms with Gasteiger partial charge in [-0.1, -0.05) is 40.5 Å². The minimum absolute atomic E-state index is 0. The summed E-state index contributed by atoms with van der Waals surface area (Å²) in [6.45, 7) is 0.953. The molecule has 27 heavy (non-hydrogen) atoms. The molecular weight excluding hydrogens is 515 g/mol. The average molecular weight is 547 g/mol. The molecule has 1 aromatic carbocycles. The van der Waals surface area contributed by atoms with Crippen molar-refractivity contribution in [2.45, 2.75) is 68.5 Å². The summed E-state index contributed by atoms with van der Waals surface area (Å²) in [4.78, 5) is 7.13. The fraction of sp³-hybridized carbons (Fsp3) is 0.667. The van der Waals surface area contributed by atoms with E-state index in [9.17, 15) is 0 Å². The number of hydrogen-bond acceptors (Lipinski definition) is 2. The zero-order valence-electron chi connectivity index (χ0n) is 16.4. The summed E-state index contributed by atoms with van der Waals surface area (Å²) in [5, 5.41) is 7.35. The van der Waals surface area contributed by atoms with Crippen molar-refractivity contribution in [1.29, 1.82) is 0 Å². The lowest BCUT2D eigenvalue weighted by Gasteiger charge is -2.47. The quantitative estimate of drug-likeness (QED) is 0.336. The lowest BCUT2D eigenvalue weighted by Crippen LogP contribution is -2.57. The second-order valence-electron chi connectivity index (χ2n) is 8.40. The number of halogens is 2. The second-order valence-corrected chi connectivity index (χ2v) is 9.26. The van der Waals surface area contributed by atoms with Gasteiger partial charge in [-0.05, 0) is 57.2 Å². The van der Waals surface area contributed by atoms with Crippen LogP contribution < -0.4 is 10.6 Å². The Bertz CT molecular complexity index is 662. The monoisotopic (exact) mass is 546 g/mol. The third-order valence-corrected chi connectivity index (χ3v) is 7.49. The molecule has 1 aliphatic carbocycles. The molecule has 2 aliphatic heterocycles. The van der Waals surface area contributed by atoms with Crippen LogP contribution in [0.25, 0.3) is 0 Å². The zero-order valence-corrected chi connectivity index (χ0v) is 20.3. The van der Waals surface area contributed by atoms with E-state index >= 15 is 0 Å². The third kappa shape index (κ3) is 4.64. The molecule has 1 saturated carbocycles. The third-order valence-electron chi connectivity index (χ3n) is 6.80. The fourth-order valence-electron chi connectivity index (χ4n) is 4.96. The van der Waals surface area contributed by atoms with Crippen molar-refractivity contribution < 1.29 is 0 Å². The zero-order chi connectivity index (χ0) is 18.1. The van der Waals surface area contributed by atoms with E-state index in [0.717, 1.165) is 24.6 Å². The van der Waals surface area contributed by atoms with Crippen LogP contribution in [0.15, 0.2) is 33.7 Å². The summed E-state index contributed by atoms with van der Waals surface area (Å²) in [5.74, 6) is 0.968. The molecule has 0 amide bonds. The van der Waals surface area contributed by atoms with Gasteiger partial charge in [-0.3, -0.25) is 4.99 Å². The van der Waals surface area contributed by atoms with Gasteiger partial charge in [0.25, 0.3) is 0 Å². The Labute approximate surface area is 189 Å². The number of fused-ring (bicyclic) bond motifs is 2. The van der Waals surface area contributed by atoms with E-state index in [4.69, 9.17) is 0 Å². The van der Waals surface area contributed by atoms with Crippen LogP contribution in [0.4, 0.5) is 0 Å². The first kappa shape index (κ1) is 21.4. The van der Waals surface area contributed by atoms with Crippen LogP contribution in [0, 0.1) is 0 Å². The number of hydrogen-bond donors (Lipinski definition) is 2. The molecule has 4 rings (SSSR count). The van der Waals surface area contributed by atoms with Gasteiger partial charge in [0.15, 0.2) is 5.96 Å². The molecule has 2 saturated heterocycles. The van der Waals surface area contributed by atoms with E-state index < -0.39 is 0 Å². The van der Waals surface area contributed by atoms with Crippen molar-refractivity contribution in [3.63, 3.8) is 0 Å². The number of rotatable bonds is 4. The molecule has 0 radical (unpaired) electrons. The molecule has 150 valence electrons. The van der Waals surface area contributed by atoms with E-state index in [1.807, 2.05) is 7.05 Å². The molecule has 2 bridgehead atoms. The first-order chi connectivity index (χ1) is 12.6. The molecule has 2 heterocycles. The number of piperidine rings is 2. The summed E-state index contributed by atoms with van der Waals surface area (Å²) in [5.41, 5.74) is 1.69. The van der Waals surface area contributed by atoms with Gasteiger partial charge in [0.2, 0.25) is 0 Å². The summed E-state index contributed by atoms with van der Waals surface area (Å²) in [6.07, 6.45) is 9.07. The average Bonchev–Trinajstić information content (AvgIpc) is 3.40. The van der Waals surface area contributed by atoms with Crippen LogP contribution in [0.3, 0.4) is 0 Å². The van der Waals surface area contributed by atoms with Crippen LogP contribution in [0.1, 0.15) is 50.5 Å². The van der Waals surface area contributed by atoms with Crippen LogP contribution in [0.2, 0.25) is 0 Å². The normalized spacial score (nSPS) is 29.6. The highest BCUT2D eigenvalue weighted by atomic mass is 127. The fourth-order valence-corrected chi connectivity index (χ4v) is 5.66. The molecule has 2 N–H and O–H groups in total. The maximum absolute atomic E-state index is 4.51. The molecule has 2 atom stereocenters. The van der Waals surface area contributed by atoms with Crippen molar-refractivity contribution >= 4 is 45.9 Å². The molecular formula is C21H32BrIN4. The minimum atomic E-state index is 0. The molecule has 2 unspecified atom stereocenters. The predicted octanol–water partition coefficient (Wildman–Crippen LogP) is 4.28. The van der Waals surface area contributed by atoms with Gasteiger partial charge < -0.3 is 15.5 Å². The van der Waals surface area contributed by atoms with Crippen molar-refractivity contribution in [1.82, 2.24) is 15.5 Å². The minimum Gasteiger partial charge on any atom is -0.356 e. The van der Waals surface area contributed by atoms with Crippen LogP contribution >= 0.6 is 39.9 Å². The van der Waals surface area contributed by atoms with Crippen LogP contribution in [-0.4, -0.2) is 49.6 Å². The van der Waals surface area contributed by atoms with E-state index in [-0.39, 0.29) is 29.4 Å². The Hall–Kier alpha value is -0.340. The molecule has 3 fully saturated rings. The smallest absolute Gasteiger partial charge is 0.191 e. The van der Waals surface area contributed by atoms with Gasteiger partial charge in [-0.2, -0.15) is 0 Å². The number of nitrogens with one attached hydrogen (secondary N) is 2. The highest BCUT2D eigenvalue weighted by molar-refractivity contribution is 14.0. The SMILES string of the molecule is CN=C(NCC1(c2ccccc2Br)CC1)NC1CC2CCCC(C1)N2C.I. The maximum atomic E-state index is 4.51. The van der Waals surface area contributed by atoms with E-state index in [2.05, 4.69) is 67.8 Å². The lowest BCUT2D eigenvalue weighted by atomic mass is 9.82. The number of nitrogens with zero attached hydrogens (tertiary/aromatic N) is 2. The van der Waals surface area contributed by atoms with Crippen LogP contribution in [0.5, 0.6) is 0 Å². The van der Waals surface area contributed by atoms with Gasteiger partial charge >= 0.3 is 0 Å². The first-order valence-electron chi connectivity index (χ1n) is 10.1. The molecule has 6 heteroatoms. The van der Waals surface area contributed by atoms with Crippen LogP contribution in [-0.2, 0) is 5.41 Å². The molecule has 0 spiro atoms. The summed E-state index contributed by atoms with van der Waals surface area (Å²) >= 11 is 3.73. The van der Waals surface area contributed by atoms with Crippen molar-refractivity contribution in [2.24, 2.45) is 4.99 Å². The van der Waals surface area contributed by atoms with Gasteiger partial charge in [-0.15, -0.1) is 24.0 Å². The lowest BCUT2D eigenvalue weighted by molar-refractivity contribution is 0.0526. The standard InChI is InChI=1S/C21H31BrN4.HI/c1-23-20(25-15-12-16-6-5-7-17(13-15)26(16)2)24-14-21(10-11-21)18-8-3-4-9-19(18)22;/h3-4,8-9,15-17H,5-7,10-14H2,1-2H3,(H2,23,24,25);1H. The van der Waals surface area contributed by atoms with Gasteiger partial charge in [0, 0.05) is 41.6 Å². The Balaban J connectivity index is 0.00000210. The van der Waals surface area contributed by atoms with Gasteiger partial charge in [0.05, 0.1) is 0 Å². The Morgan fingerprint density at radius 3 is 2.48 bits per heavy atom. The van der Waals surface area contributed by atoms with E-state index in [1.54, 1.807) is 0 Å². The Morgan fingerprint density at radius 2 is 1.89 bits per heavy atom. The van der Waals surface area contributed by atoms with Crippen molar-refractivity contribution in [2.75, 3.05) is 20.6 Å². The Morgan fingerprint density at radius 1 is 1.22 bits per heavy atom. The second kappa shape index (κ2) is 8.99. The molecule has 0 aromatic heterocycles. The molecule has 3 aliphatic rings.